The van der Waals surface area contributed by atoms with Gasteiger partial charge in [-0.25, -0.2) is 4.39 Å². The number of benzene rings is 1. The fourth-order valence-electron chi connectivity index (χ4n) is 2.24. The van der Waals surface area contributed by atoms with E-state index in [1.807, 2.05) is 0 Å². The summed E-state index contributed by atoms with van der Waals surface area (Å²) in [6.07, 6.45) is 2.65. The van der Waals surface area contributed by atoms with Crippen molar-refractivity contribution < 1.29 is 9.50 Å². The smallest absolute Gasteiger partial charge is 0.131 e. The number of anilines is 2. The summed E-state index contributed by atoms with van der Waals surface area (Å²) in [4.78, 5) is 0. The highest BCUT2D eigenvalue weighted by molar-refractivity contribution is 5.71. The molecule has 0 bridgehead atoms. The number of hydrogen-bond donors (Lipinski definition) is 3. The van der Waals surface area contributed by atoms with E-state index in [1.54, 1.807) is 19.9 Å². The Kier molecular flexibility index (Phi) is 4.95. The van der Waals surface area contributed by atoms with E-state index in [9.17, 15) is 9.50 Å². The molecule has 1 saturated carbocycles. The van der Waals surface area contributed by atoms with Crippen LogP contribution in [0.4, 0.5) is 15.8 Å². The van der Waals surface area contributed by atoms with Crippen LogP contribution in [0.25, 0.3) is 0 Å². The van der Waals surface area contributed by atoms with E-state index < -0.39 is 5.60 Å². The number of halogens is 1. The normalized spacial score (nSPS) is 16.0. The molecule has 0 atom stereocenters. The minimum Gasteiger partial charge on any atom is -0.397 e. The predicted octanol–water partition coefficient (Wildman–Crippen LogP) is 3.15. The molecule has 1 aliphatic rings. The molecule has 106 valence electrons. The van der Waals surface area contributed by atoms with Gasteiger partial charge in [0.15, 0.2) is 0 Å². The molecular formula is C15H23FN2O. The predicted molar refractivity (Wildman–Crippen MR) is 78.8 cm³/mol. The second-order valence-corrected chi connectivity index (χ2v) is 5.03. The quantitative estimate of drug-likeness (QED) is 0.582. The van der Waals surface area contributed by atoms with E-state index in [4.69, 9.17) is 5.73 Å². The number of nitrogens with two attached hydrogens (primary N) is 1. The molecule has 3 nitrogen and oxygen atoms in total. The van der Waals surface area contributed by atoms with E-state index >= 15 is 0 Å². The first kappa shape index (κ1) is 15.5. The summed E-state index contributed by atoms with van der Waals surface area (Å²) in [6, 6.07) is 1.62. The number of nitrogens with one attached hydrogen (secondary N) is 1. The molecule has 0 spiro atoms. The van der Waals surface area contributed by atoms with Crippen molar-refractivity contribution in [2.24, 2.45) is 0 Å². The molecule has 1 aliphatic carbocycles. The van der Waals surface area contributed by atoms with Crippen molar-refractivity contribution in [3.05, 3.63) is 36.2 Å². The molecule has 4 heteroatoms. The van der Waals surface area contributed by atoms with Crippen molar-refractivity contribution in [3.8, 4) is 0 Å². The molecule has 0 saturated heterocycles. The Morgan fingerprint density at radius 3 is 2.47 bits per heavy atom. The average Bonchev–Trinajstić information content (AvgIpc) is 2.36. The van der Waals surface area contributed by atoms with Crippen LogP contribution in [0.2, 0.25) is 0 Å². The molecular weight excluding hydrogens is 243 g/mol. The Morgan fingerprint density at radius 2 is 2.00 bits per heavy atom. The van der Waals surface area contributed by atoms with Gasteiger partial charge >= 0.3 is 0 Å². The van der Waals surface area contributed by atoms with Crippen LogP contribution in [-0.2, 0) is 0 Å². The van der Waals surface area contributed by atoms with E-state index in [0.717, 1.165) is 19.3 Å². The monoisotopic (exact) mass is 266 g/mol. The van der Waals surface area contributed by atoms with Crippen LogP contribution in [0.5, 0.6) is 0 Å². The summed E-state index contributed by atoms with van der Waals surface area (Å²) in [5.74, 6) is -0.234. The standard InChI is InChI=1S/C13H19FN2O.C2H4/c1-8-6-10(15)12(9(2)11(8)14)16-7-13(17)4-3-5-13;1-2/h6,16-17H,3-5,7,15H2,1-2H3;1-2H2. The van der Waals surface area contributed by atoms with Gasteiger partial charge in [-0.3, -0.25) is 0 Å². The molecule has 0 aromatic heterocycles. The van der Waals surface area contributed by atoms with Crippen molar-refractivity contribution in [3.63, 3.8) is 0 Å². The van der Waals surface area contributed by atoms with Gasteiger partial charge in [-0.1, -0.05) is 0 Å². The molecule has 19 heavy (non-hydrogen) atoms. The van der Waals surface area contributed by atoms with Gasteiger partial charge in [0.2, 0.25) is 0 Å². The summed E-state index contributed by atoms with van der Waals surface area (Å²) in [5.41, 5.74) is 7.44. The molecule has 0 aliphatic heterocycles. The van der Waals surface area contributed by atoms with Gasteiger partial charge in [-0.15, -0.1) is 13.2 Å². The van der Waals surface area contributed by atoms with Crippen LogP contribution in [0.15, 0.2) is 19.2 Å². The molecule has 4 N–H and O–H groups in total. The Bertz CT molecular complexity index is 456. The molecule has 1 fully saturated rings. The number of aryl methyl sites for hydroxylation is 1. The highest BCUT2D eigenvalue weighted by Crippen LogP contribution is 2.34. The Labute approximate surface area is 114 Å². The first-order valence-corrected chi connectivity index (χ1v) is 6.44. The topological polar surface area (TPSA) is 58.3 Å². The van der Waals surface area contributed by atoms with Crippen molar-refractivity contribution in [2.75, 3.05) is 17.6 Å². The zero-order valence-corrected chi connectivity index (χ0v) is 11.7. The zero-order chi connectivity index (χ0) is 14.6. The van der Waals surface area contributed by atoms with Gasteiger partial charge in [-0.05, 0) is 44.7 Å². The lowest BCUT2D eigenvalue weighted by atomic mass is 9.80. The lowest BCUT2D eigenvalue weighted by molar-refractivity contribution is -0.0201. The van der Waals surface area contributed by atoms with Crippen LogP contribution in [-0.4, -0.2) is 17.3 Å². The van der Waals surface area contributed by atoms with Crippen LogP contribution < -0.4 is 11.1 Å². The van der Waals surface area contributed by atoms with E-state index in [0.29, 0.717) is 29.0 Å². The maximum atomic E-state index is 13.7. The SMILES string of the molecule is C=C.Cc1cc(N)c(NCC2(O)CCC2)c(C)c1F. The van der Waals surface area contributed by atoms with Gasteiger partial charge in [0.1, 0.15) is 5.82 Å². The van der Waals surface area contributed by atoms with E-state index in [-0.39, 0.29) is 5.82 Å². The molecule has 0 unspecified atom stereocenters. The second kappa shape index (κ2) is 6.06. The Balaban J connectivity index is 0.000000861. The molecule has 2 rings (SSSR count). The second-order valence-electron chi connectivity index (χ2n) is 5.03. The number of hydrogen-bond acceptors (Lipinski definition) is 3. The molecule has 1 aromatic carbocycles. The summed E-state index contributed by atoms with van der Waals surface area (Å²) < 4.78 is 13.7. The highest BCUT2D eigenvalue weighted by atomic mass is 19.1. The first-order valence-electron chi connectivity index (χ1n) is 6.44. The van der Waals surface area contributed by atoms with Gasteiger partial charge in [0, 0.05) is 12.1 Å². The van der Waals surface area contributed by atoms with Gasteiger partial charge < -0.3 is 16.2 Å². The van der Waals surface area contributed by atoms with Crippen LogP contribution >= 0.6 is 0 Å². The van der Waals surface area contributed by atoms with Crippen LogP contribution in [0.1, 0.15) is 30.4 Å². The number of nitrogen functional groups attached to an aromatic ring is 1. The third-order valence-corrected chi connectivity index (χ3v) is 3.59. The minimum absolute atomic E-state index is 0.234. The van der Waals surface area contributed by atoms with Crippen LogP contribution in [0, 0.1) is 19.7 Å². The van der Waals surface area contributed by atoms with E-state index in [2.05, 4.69) is 18.5 Å². The van der Waals surface area contributed by atoms with Crippen molar-refractivity contribution in [2.45, 2.75) is 38.7 Å². The largest absolute Gasteiger partial charge is 0.397 e. The molecule has 0 heterocycles. The summed E-state index contributed by atoms with van der Waals surface area (Å²) >= 11 is 0. The maximum absolute atomic E-state index is 13.7. The third-order valence-electron chi connectivity index (χ3n) is 3.59. The number of aliphatic hydroxyl groups is 1. The van der Waals surface area contributed by atoms with Gasteiger partial charge in [0.05, 0.1) is 17.0 Å². The first-order chi connectivity index (χ1) is 8.93. The lowest BCUT2D eigenvalue weighted by Crippen LogP contribution is -2.43. The molecule has 1 aromatic rings. The average molecular weight is 266 g/mol. The van der Waals surface area contributed by atoms with Gasteiger partial charge in [-0.2, -0.15) is 0 Å². The van der Waals surface area contributed by atoms with Gasteiger partial charge in [0.25, 0.3) is 0 Å². The fraction of sp³-hybridized carbons (Fsp3) is 0.467. The van der Waals surface area contributed by atoms with Crippen molar-refractivity contribution >= 4 is 11.4 Å². The Morgan fingerprint density at radius 1 is 1.42 bits per heavy atom. The van der Waals surface area contributed by atoms with Crippen molar-refractivity contribution in [1.29, 1.82) is 0 Å². The maximum Gasteiger partial charge on any atom is 0.131 e. The summed E-state index contributed by atoms with van der Waals surface area (Å²) in [7, 11) is 0. The zero-order valence-electron chi connectivity index (χ0n) is 11.7. The molecule has 0 amide bonds. The fourth-order valence-corrected chi connectivity index (χ4v) is 2.24. The summed E-state index contributed by atoms with van der Waals surface area (Å²) in [5, 5.41) is 13.1. The minimum atomic E-state index is -0.639. The number of rotatable bonds is 3. The van der Waals surface area contributed by atoms with Crippen LogP contribution in [0.3, 0.4) is 0 Å². The Hall–Kier alpha value is -1.55. The summed E-state index contributed by atoms with van der Waals surface area (Å²) in [6.45, 7) is 9.83. The molecule has 0 radical (unpaired) electrons. The highest BCUT2D eigenvalue weighted by Gasteiger charge is 2.34. The lowest BCUT2D eigenvalue weighted by Gasteiger charge is -2.37. The third kappa shape index (κ3) is 3.26. The van der Waals surface area contributed by atoms with E-state index in [1.165, 1.54) is 0 Å². The van der Waals surface area contributed by atoms with Crippen molar-refractivity contribution in [1.82, 2.24) is 0 Å².